The molecule has 0 amide bonds. The average molecular weight is 425 g/mol. The molecule has 1 N–H and O–H groups in total. The fourth-order valence-corrected chi connectivity index (χ4v) is 3.63. The van der Waals surface area contributed by atoms with Gasteiger partial charge in [0.15, 0.2) is 0 Å². The zero-order valence-electron chi connectivity index (χ0n) is 19.0. The topological polar surface area (TPSA) is 55.8 Å². The third-order valence-electron chi connectivity index (χ3n) is 5.48. The summed E-state index contributed by atoms with van der Waals surface area (Å²) in [6.45, 7) is 6.36. The molecule has 0 aliphatic rings. The van der Waals surface area contributed by atoms with Gasteiger partial charge in [0, 0.05) is 5.92 Å². The van der Waals surface area contributed by atoms with Gasteiger partial charge in [-0.2, -0.15) is 0 Å². The summed E-state index contributed by atoms with van der Waals surface area (Å²) in [5.74, 6) is -0.392. The molecule has 0 saturated carbocycles. The second-order valence-corrected chi connectivity index (χ2v) is 7.83. The number of hydrogen-bond donors (Lipinski definition) is 1. The minimum Gasteiger partial charge on any atom is -0.482 e. The predicted octanol–water partition coefficient (Wildman–Crippen LogP) is 6.14. The van der Waals surface area contributed by atoms with Crippen LogP contribution in [0.4, 0.5) is 0 Å². The largest absolute Gasteiger partial charge is 0.482 e. The lowest BCUT2D eigenvalue weighted by molar-refractivity contribution is -0.154. The normalized spacial score (nSPS) is 14.5. The van der Waals surface area contributed by atoms with Crippen LogP contribution in [-0.2, 0) is 20.9 Å². The van der Waals surface area contributed by atoms with Crippen molar-refractivity contribution in [2.45, 2.75) is 71.7 Å². The van der Waals surface area contributed by atoms with Gasteiger partial charge >= 0.3 is 5.97 Å². The van der Waals surface area contributed by atoms with Gasteiger partial charge in [-0.3, -0.25) is 0 Å². The Kier molecular flexibility index (Phi) is 10.9. The van der Waals surface area contributed by atoms with Crippen LogP contribution in [0.3, 0.4) is 0 Å². The maximum Gasteiger partial charge on any atom is 0.373 e. The van der Waals surface area contributed by atoms with Gasteiger partial charge < -0.3 is 14.6 Å². The summed E-state index contributed by atoms with van der Waals surface area (Å²) < 4.78 is 11.8. The van der Waals surface area contributed by atoms with E-state index in [9.17, 15) is 9.90 Å². The highest BCUT2D eigenvalue weighted by Gasteiger charge is 2.30. The van der Waals surface area contributed by atoms with Crippen LogP contribution in [0.1, 0.15) is 64.0 Å². The Balaban J connectivity index is 2.20. The van der Waals surface area contributed by atoms with E-state index in [1.54, 1.807) is 6.08 Å². The first-order valence-electron chi connectivity index (χ1n) is 11.4. The minimum absolute atomic E-state index is 0.0778. The highest BCUT2D eigenvalue weighted by atomic mass is 16.6. The van der Waals surface area contributed by atoms with E-state index in [0.29, 0.717) is 12.8 Å². The molecule has 0 saturated heterocycles. The third-order valence-corrected chi connectivity index (χ3v) is 5.48. The van der Waals surface area contributed by atoms with Gasteiger partial charge in [0.25, 0.3) is 0 Å². The second-order valence-electron chi connectivity index (χ2n) is 7.83. The van der Waals surface area contributed by atoms with Crippen LogP contribution in [0.5, 0.6) is 0 Å². The fraction of sp³-hybridized carbons (Fsp3) is 0.444. The van der Waals surface area contributed by atoms with Crippen LogP contribution in [0.15, 0.2) is 66.4 Å². The van der Waals surface area contributed by atoms with E-state index in [1.165, 1.54) is 0 Å². The van der Waals surface area contributed by atoms with Crippen molar-refractivity contribution in [1.29, 1.82) is 0 Å². The van der Waals surface area contributed by atoms with Gasteiger partial charge in [0.05, 0.1) is 6.10 Å². The zero-order valence-corrected chi connectivity index (χ0v) is 19.0. The third kappa shape index (κ3) is 8.22. The van der Waals surface area contributed by atoms with E-state index in [0.717, 1.165) is 30.4 Å². The van der Waals surface area contributed by atoms with E-state index in [2.05, 4.69) is 6.92 Å². The molecule has 0 radical (unpaired) electrons. The van der Waals surface area contributed by atoms with Gasteiger partial charge in [0.1, 0.15) is 12.7 Å². The van der Waals surface area contributed by atoms with Gasteiger partial charge in [-0.05, 0) is 36.5 Å². The molecule has 0 heterocycles. The van der Waals surface area contributed by atoms with Crippen LogP contribution < -0.4 is 0 Å². The molecule has 31 heavy (non-hydrogen) atoms. The Labute approximate surface area is 186 Å². The molecular formula is C27H36O4. The van der Waals surface area contributed by atoms with Crippen molar-refractivity contribution < 1.29 is 19.4 Å². The van der Waals surface area contributed by atoms with Crippen LogP contribution in [0.25, 0.3) is 6.08 Å². The van der Waals surface area contributed by atoms with Crippen molar-refractivity contribution in [2.24, 2.45) is 5.92 Å². The predicted molar refractivity (Wildman–Crippen MR) is 125 cm³/mol. The molecule has 0 spiro atoms. The highest BCUT2D eigenvalue weighted by Crippen LogP contribution is 2.25. The van der Waals surface area contributed by atoms with E-state index in [4.69, 9.17) is 9.47 Å². The molecule has 0 aromatic heterocycles. The number of aliphatic hydroxyl groups is 1. The summed E-state index contributed by atoms with van der Waals surface area (Å²) >= 11 is 0. The number of esters is 1. The van der Waals surface area contributed by atoms with Crippen LogP contribution >= 0.6 is 0 Å². The molecule has 1 unspecified atom stereocenters. The van der Waals surface area contributed by atoms with Gasteiger partial charge in [0.2, 0.25) is 5.76 Å². The molecule has 4 nitrogen and oxygen atoms in total. The monoisotopic (exact) mass is 424 g/mol. The average Bonchev–Trinajstić information content (AvgIpc) is 2.81. The van der Waals surface area contributed by atoms with Crippen molar-refractivity contribution in [3.63, 3.8) is 0 Å². The number of ether oxygens (including phenoxy) is 2. The van der Waals surface area contributed by atoms with Crippen molar-refractivity contribution in [1.82, 2.24) is 0 Å². The highest BCUT2D eigenvalue weighted by molar-refractivity contribution is 5.91. The molecule has 2 aromatic rings. The molecule has 0 aliphatic heterocycles. The van der Waals surface area contributed by atoms with Crippen molar-refractivity contribution >= 4 is 12.0 Å². The van der Waals surface area contributed by atoms with Gasteiger partial charge in [-0.25, -0.2) is 4.79 Å². The van der Waals surface area contributed by atoms with E-state index < -0.39 is 12.1 Å². The molecular weight excluding hydrogens is 388 g/mol. The smallest absolute Gasteiger partial charge is 0.373 e. The number of carbonyl (C=O) groups excluding carboxylic acids is 1. The second kappa shape index (κ2) is 13.7. The summed E-state index contributed by atoms with van der Waals surface area (Å²) in [6, 6.07) is 19.3. The fourth-order valence-electron chi connectivity index (χ4n) is 3.63. The number of hydrogen-bond acceptors (Lipinski definition) is 4. The molecule has 2 rings (SSSR count). The van der Waals surface area contributed by atoms with E-state index in [1.807, 2.05) is 74.5 Å². The molecule has 0 fully saturated rings. The number of rotatable bonds is 13. The molecule has 4 heteroatoms. The minimum atomic E-state index is -0.490. The first kappa shape index (κ1) is 24.7. The maximum absolute atomic E-state index is 13.1. The summed E-state index contributed by atoms with van der Waals surface area (Å²) in [4.78, 5) is 13.1. The number of aliphatic hydroxyl groups excluding tert-OH is 1. The first-order valence-corrected chi connectivity index (χ1v) is 11.4. The quantitative estimate of drug-likeness (QED) is 0.238. The van der Waals surface area contributed by atoms with Crippen LogP contribution in [0, 0.1) is 5.92 Å². The Morgan fingerprint density at radius 2 is 1.61 bits per heavy atom. The summed E-state index contributed by atoms with van der Waals surface area (Å²) in [5, 5.41) is 10.5. The molecule has 0 bridgehead atoms. The van der Waals surface area contributed by atoms with E-state index in [-0.39, 0.29) is 24.4 Å². The number of unbranched alkanes of at least 4 members (excludes halogenated alkanes) is 1. The lowest BCUT2D eigenvalue weighted by Crippen LogP contribution is -2.35. The molecule has 3 atom stereocenters. The first-order chi connectivity index (χ1) is 15.1. The number of carbonyl (C=O) groups is 1. The Morgan fingerprint density at radius 3 is 2.19 bits per heavy atom. The lowest BCUT2D eigenvalue weighted by Gasteiger charge is -2.30. The summed E-state index contributed by atoms with van der Waals surface area (Å²) in [5.41, 5.74) is 1.84. The molecule has 168 valence electrons. The molecule has 0 aliphatic carbocycles. The summed E-state index contributed by atoms with van der Waals surface area (Å²) in [6.07, 6.45) is 5.03. The van der Waals surface area contributed by atoms with Gasteiger partial charge in [-0.15, -0.1) is 0 Å². The standard InChI is InChI=1S/C27H36O4/c1-4-7-18-23(24(28)5-2)25(6-3)31-27(29)26(19-21-14-10-8-11-15-21)30-20-22-16-12-9-13-17-22/h8-17,19,23-25,28H,4-7,18,20H2,1-3H3/t23?,24-,25+/m1/s1. The Hall–Kier alpha value is -2.59. The Morgan fingerprint density at radius 1 is 0.968 bits per heavy atom. The number of benzene rings is 2. The van der Waals surface area contributed by atoms with E-state index >= 15 is 0 Å². The molecule has 2 aromatic carbocycles. The van der Waals surface area contributed by atoms with Crippen LogP contribution in [-0.4, -0.2) is 23.3 Å². The van der Waals surface area contributed by atoms with Gasteiger partial charge in [-0.1, -0.05) is 94.3 Å². The van der Waals surface area contributed by atoms with Crippen molar-refractivity contribution in [2.75, 3.05) is 0 Å². The Bertz CT molecular complexity index is 785. The SMILES string of the molecule is CCCCC([C@H](O)CC)[C@H](CC)OC(=O)C(=Cc1ccccc1)OCc1ccccc1. The maximum atomic E-state index is 13.1. The van der Waals surface area contributed by atoms with Crippen LogP contribution in [0.2, 0.25) is 0 Å². The summed E-state index contributed by atoms with van der Waals surface area (Å²) in [7, 11) is 0. The van der Waals surface area contributed by atoms with Crippen molar-refractivity contribution in [3.05, 3.63) is 77.5 Å². The van der Waals surface area contributed by atoms with Crippen molar-refractivity contribution in [3.8, 4) is 0 Å². The lowest BCUT2D eigenvalue weighted by atomic mass is 9.87. The zero-order chi connectivity index (χ0) is 22.5.